The van der Waals surface area contributed by atoms with Crippen LogP contribution < -0.4 is 0 Å². The molecule has 1 aliphatic carbocycles. The van der Waals surface area contributed by atoms with Gasteiger partial charge < -0.3 is 0 Å². The summed E-state index contributed by atoms with van der Waals surface area (Å²) in [6.07, 6.45) is 5.21. The molecular formula is C12H14ClN. The molecule has 0 aromatic carbocycles. The SMILES string of the molecule is CC(C)(C)c1cc(Cl)nc2c1C=CC2. The third-order valence-electron chi connectivity index (χ3n) is 2.51. The summed E-state index contributed by atoms with van der Waals surface area (Å²) in [4.78, 5) is 4.33. The largest absolute Gasteiger partial charge is 0.240 e. The summed E-state index contributed by atoms with van der Waals surface area (Å²) in [6.45, 7) is 6.60. The summed E-state index contributed by atoms with van der Waals surface area (Å²) in [5.74, 6) is 0. The first-order valence-electron chi connectivity index (χ1n) is 4.85. The van der Waals surface area contributed by atoms with Crippen molar-refractivity contribution in [3.63, 3.8) is 0 Å². The van der Waals surface area contributed by atoms with E-state index in [9.17, 15) is 0 Å². The van der Waals surface area contributed by atoms with Gasteiger partial charge in [0.2, 0.25) is 0 Å². The Morgan fingerprint density at radius 1 is 1.36 bits per heavy atom. The highest BCUT2D eigenvalue weighted by Crippen LogP contribution is 2.32. The van der Waals surface area contributed by atoms with Crippen molar-refractivity contribution in [2.75, 3.05) is 0 Å². The van der Waals surface area contributed by atoms with Gasteiger partial charge in [-0.15, -0.1) is 0 Å². The van der Waals surface area contributed by atoms with Gasteiger partial charge in [0, 0.05) is 6.42 Å². The first kappa shape index (κ1) is 9.72. The predicted molar refractivity (Wildman–Crippen MR) is 60.7 cm³/mol. The molecule has 1 aliphatic rings. The lowest BCUT2D eigenvalue weighted by Gasteiger charge is -2.22. The van der Waals surface area contributed by atoms with Crippen molar-refractivity contribution < 1.29 is 0 Å². The predicted octanol–water partition coefficient (Wildman–Crippen LogP) is 3.60. The number of fused-ring (bicyclic) bond motifs is 1. The second-order valence-electron chi connectivity index (χ2n) is 4.71. The van der Waals surface area contributed by atoms with Crippen LogP contribution >= 0.6 is 11.6 Å². The first-order valence-corrected chi connectivity index (χ1v) is 5.23. The van der Waals surface area contributed by atoms with Gasteiger partial charge in [0.25, 0.3) is 0 Å². The maximum absolute atomic E-state index is 6.00. The number of hydrogen-bond donors (Lipinski definition) is 0. The van der Waals surface area contributed by atoms with Gasteiger partial charge in [-0.2, -0.15) is 0 Å². The van der Waals surface area contributed by atoms with Gasteiger partial charge in [-0.25, -0.2) is 4.98 Å². The third-order valence-corrected chi connectivity index (χ3v) is 2.70. The van der Waals surface area contributed by atoms with Gasteiger partial charge in [0.1, 0.15) is 5.15 Å². The van der Waals surface area contributed by atoms with Crippen LogP contribution in [0, 0.1) is 0 Å². The second kappa shape index (κ2) is 3.09. The van der Waals surface area contributed by atoms with Gasteiger partial charge in [-0.3, -0.25) is 0 Å². The number of nitrogens with zero attached hydrogens (tertiary/aromatic N) is 1. The standard InChI is InChI=1S/C12H14ClN/c1-12(2,3)9-7-11(13)14-10-6-4-5-8(9)10/h4-5,7H,6H2,1-3H3. The van der Waals surface area contributed by atoms with Crippen LogP contribution in [0.4, 0.5) is 0 Å². The zero-order valence-electron chi connectivity index (χ0n) is 8.76. The van der Waals surface area contributed by atoms with Crippen LogP contribution in [0.5, 0.6) is 0 Å². The summed E-state index contributed by atoms with van der Waals surface area (Å²) >= 11 is 6.00. The van der Waals surface area contributed by atoms with Crippen molar-refractivity contribution in [3.8, 4) is 0 Å². The van der Waals surface area contributed by atoms with E-state index in [-0.39, 0.29) is 5.41 Å². The summed E-state index contributed by atoms with van der Waals surface area (Å²) in [5, 5.41) is 0.609. The average Bonchev–Trinajstić information content (AvgIpc) is 2.47. The number of halogens is 1. The van der Waals surface area contributed by atoms with Crippen molar-refractivity contribution >= 4 is 17.7 Å². The van der Waals surface area contributed by atoms with E-state index in [1.54, 1.807) is 0 Å². The van der Waals surface area contributed by atoms with E-state index in [0.29, 0.717) is 5.15 Å². The topological polar surface area (TPSA) is 12.9 Å². The van der Waals surface area contributed by atoms with E-state index < -0.39 is 0 Å². The van der Waals surface area contributed by atoms with Crippen LogP contribution in [0.2, 0.25) is 5.15 Å². The molecule has 0 amide bonds. The van der Waals surface area contributed by atoms with Gasteiger partial charge in [-0.05, 0) is 22.6 Å². The van der Waals surface area contributed by atoms with Crippen LogP contribution in [0.1, 0.15) is 37.6 Å². The molecule has 1 aromatic rings. The Morgan fingerprint density at radius 2 is 2.07 bits per heavy atom. The summed E-state index contributed by atoms with van der Waals surface area (Å²) in [7, 11) is 0. The van der Waals surface area contributed by atoms with E-state index >= 15 is 0 Å². The highest BCUT2D eigenvalue weighted by molar-refractivity contribution is 6.29. The zero-order chi connectivity index (χ0) is 10.3. The van der Waals surface area contributed by atoms with Gasteiger partial charge in [0.15, 0.2) is 0 Å². The van der Waals surface area contributed by atoms with Gasteiger partial charge in [-0.1, -0.05) is 44.5 Å². The van der Waals surface area contributed by atoms with E-state index in [0.717, 1.165) is 12.1 Å². The molecule has 1 aromatic heterocycles. The second-order valence-corrected chi connectivity index (χ2v) is 5.10. The number of aromatic nitrogens is 1. The van der Waals surface area contributed by atoms with Crippen LogP contribution in [-0.4, -0.2) is 4.98 Å². The lowest BCUT2D eigenvalue weighted by atomic mass is 9.84. The monoisotopic (exact) mass is 207 g/mol. The highest BCUT2D eigenvalue weighted by Gasteiger charge is 2.22. The molecule has 0 spiro atoms. The minimum Gasteiger partial charge on any atom is -0.240 e. The third kappa shape index (κ3) is 1.57. The van der Waals surface area contributed by atoms with Gasteiger partial charge >= 0.3 is 0 Å². The Morgan fingerprint density at radius 3 is 2.71 bits per heavy atom. The highest BCUT2D eigenvalue weighted by atomic mass is 35.5. The minimum absolute atomic E-state index is 0.130. The molecule has 2 rings (SSSR count). The molecule has 1 heterocycles. The fourth-order valence-corrected chi connectivity index (χ4v) is 2.04. The Labute approximate surface area is 89.8 Å². The molecule has 0 radical (unpaired) electrons. The normalized spacial score (nSPS) is 14.6. The number of allylic oxidation sites excluding steroid dienone is 1. The molecule has 0 atom stereocenters. The van der Waals surface area contributed by atoms with Crippen molar-refractivity contribution in [2.45, 2.75) is 32.6 Å². The lowest BCUT2D eigenvalue weighted by molar-refractivity contribution is 0.587. The molecule has 14 heavy (non-hydrogen) atoms. The van der Waals surface area contributed by atoms with E-state index in [4.69, 9.17) is 11.6 Å². The fourth-order valence-electron chi connectivity index (χ4n) is 1.82. The maximum Gasteiger partial charge on any atom is 0.129 e. The van der Waals surface area contributed by atoms with Gasteiger partial charge in [0.05, 0.1) is 5.69 Å². The average molecular weight is 208 g/mol. The van der Waals surface area contributed by atoms with E-state index in [1.165, 1.54) is 11.1 Å². The fraction of sp³-hybridized carbons (Fsp3) is 0.417. The van der Waals surface area contributed by atoms with Crippen LogP contribution in [0.3, 0.4) is 0 Å². The molecule has 0 N–H and O–H groups in total. The maximum atomic E-state index is 6.00. The Kier molecular flexibility index (Phi) is 2.15. The van der Waals surface area contributed by atoms with Crippen molar-refractivity contribution in [1.29, 1.82) is 0 Å². The number of rotatable bonds is 0. The molecule has 0 bridgehead atoms. The van der Waals surface area contributed by atoms with Crippen molar-refractivity contribution in [1.82, 2.24) is 4.98 Å². The molecule has 0 unspecified atom stereocenters. The molecule has 0 saturated carbocycles. The Hall–Kier alpha value is -0.820. The molecule has 1 nitrogen and oxygen atoms in total. The van der Waals surface area contributed by atoms with E-state index in [1.807, 2.05) is 6.07 Å². The molecular weight excluding hydrogens is 194 g/mol. The van der Waals surface area contributed by atoms with Crippen molar-refractivity contribution in [2.24, 2.45) is 0 Å². The molecule has 2 heteroatoms. The van der Waals surface area contributed by atoms with Crippen LogP contribution in [0.25, 0.3) is 6.08 Å². The Balaban J connectivity index is 2.65. The minimum atomic E-state index is 0.130. The van der Waals surface area contributed by atoms with E-state index in [2.05, 4.69) is 37.9 Å². The summed E-state index contributed by atoms with van der Waals surface area (Å²) in [6, 6.07) is 1.98. The first-order chi connectivity index (χ1) is 6.48. The smallest absolute Gasteiger partial charge is 0.129 e. The molecule has 0 saturated heterocycles. The molecule has 0 fully saturated rings. The lowest BCUT2D eigenvalue weighted by Crippen LogP contribution is -2.14. The summed E-state index contributed by atoms with van der Waals surface area (Å²) in [5.41, 5.74) is 3.80. The molecule has 0 aliphatic heterocycles. The summed E-state index contributed by atoms with van der Waals surface area (Å²) < 4.78 is 0. The Bertz CT molecular complexity index is 400. The molecule has 74 valence electrons. The number of pyridine rings is 1. The quantitative estimate of drug-likeness (QED) is 0.593. The van der Waals surface area contributed by atoms with Crippen molar-refractivity contribution in [3.05, 3.63) is 34.1 Å². The van der Waals surface area contributed by atoms with Crippen LogP contribution in [0.15, 0.2) is 12.1 Å². The van der Waals surface area contributed by atoms with Crippen LogP contribution in [-0.2, 0) is 11.8 Å². The number of hydrogen-bond acceptors (Lipinski definition) is 1. The zero-order valence-corrected chi connectivity index (χ0v) is 9.52.